The summed E-state index contributed by atoms with van der Waals surface area (Å²) < 4.78 is 0. The summed E-state index contributed by atoms with van der Waals surface area (Å²) >= 11 is 7.00. The lowest BCUT2D eigenvalue weighted by atomic mass is 10.1. The first-order valence-electron chi connectivity index (χ1n) is 5.36. The summed E-state index contributed by atoms with van der Waals surface area (Å²) in [4.78, 5) is 21.7. The monoisotopic (exact) mass is 297 g/mol. The number of carboxylic acids is 1. The molecule has 0 atom stereocenters. The number of aromatic carboxylic acids is 1. The van der Waals surface area contributed by atoms with Crippen molar-refractivity contribution >= 4 is 40.1 Å². The van der Waals surface area contributed by atoms with Gasteiger partial charge < -0.3 is 10.8 Å². The van der Waals surface area contributed by atoms with Gasteiger partial charge in [0.05, 0.1) is 11.3 Å². The number of hydrogen-bond acceptors (Lipinski definition) is 4. The van der Waals surface area contributed by atoms with Crippen LogP contribution in [0.4, 0.5) is 5.69 Å². The van der Waals surface area contributed by atoms with Gasteiger partial charge in [0.25, 0.3) is 0 Å². The number of benzene rings is 1. The van der Waals surface area contributed by atoms with Gasteiger partial charge in [-0.25, -0.2) is 4.79 Å². The van der Waals surface area contributed by atoms with Gasteiger partial charge in [0.15, 0.2) is 5.12 Å². The van der Waals surface area contributed by atoms with Crippen LogP contribution in [-0.2, 0) is 4.79 Å². The smallest absolute Gasteiger partial charge is 0.337 e. The molecule has 0 saturated heterocycles. The second-order valence-electron chi connectivity index (χ2n) is 3.61. The topological polar surface area (TPSA) is 80.4 Å². The number of carbonyl (C=O) groups is 2. The van der Waals surface area contributed by atoms with E-state index in [1.807, 2.05) is 0 Å². The highest BCUT2D eigenvalue weighted by Gasteiger charge is 2.12. The second-order valence-corrected chi connectivity index (χ2v) is 5.32. The first-order valence-corrected chi connectivity index (χ1v) is 6.72. The molecule has 1 rings (SSSR count). The molecular weight excluding hydrogens is 286 g/mol. The van der Waals surface area contributed by atoms with E-state index in [-0.39, 0.29) is 21.4 Å². The molecule has 6 heteroatoms. The average Bonchev–Trinajstić information content (AvgIpc) is 2.31. The fourth-order valence-corrected chi connectivity index (χ4v) is 2.01. The Morgan fingerprint density at radius 2 is 2.16 bits per heavy atom. The predicted molar refractivity (Wildman–Crippen MR) is 77.5 cm³/mol. The Labute approximate surface area is 120 Å². The molecule has 0 aliphatic carbocycles. The fourth-order valence-electron chi connectivity index (χ4n) is 1.30. The zero-order chi connectivity index (χ0) is 14.4. The summed E-state index contributed by atoms with van der Waals surface area (Å²) in [6, 6.07) is 2.81. The zero-order valence-corrected chi connectivity index (χ0v) is 11.8. The Morgan fingerprint density at radius 1 is 1.47 bits per heavy atom. The highest BCUT2D eigenvalue weighted by Crippen LogP contribution is 2.22. The van der Waals surface area contributed by atoms with Gasteiger partial charge >= 0.3 is 5.97 Å². The van der Waals surface area contributed by atoms with E-state index in [4.69, 9.17) is 22.4 Å². The molecular formula is C13H12ClNO3S. The number of rotatable bonds is 3. The molecule has 0 aliphatic heterocycles. The number of halogens is 1. The Bertz CT molecular complexity index is 575. The molecule has 3 N–H and O–H groups in total. The molecule has 0 bridgehead atoms. The zero-order valence-electron chi connectivity index (χ0n) is 10.2. The van der Waals surface area contributed by atoms with Crippen molar-refractivity contribution in [1.82, 2.24) is 0 Å². The van der Waals surface area contributed by atoms with Crippen molar-refractivity contribution in [2.45, 2.75) is 13.3 Å². The Balaban J connectivity index is 2.87. The van der Waals surface area contributed by atoms with Crippen molar-refractivity contribution in [2.24, 2.45) is 0 Å². The molecule has 19 heavy (non-hydrogen) atoms. The average molecular weight is 298 g/mol. The van der Waals surface area contributed by atoms with Crippen molar-refractivity contribution in [2.75, 3.05) is 11.5 Å². The summed E-state index contributed by atoms with van der Waals surface area (Å²) in [6.45, 7) is 1.49. The first kappa shape index (κ1) is 15.4. The van der Waals surface area contributed by atoms with E-state index in [1.54, 1.807) is 0 Å². The molecule has 0 unspecified atom stereocenters. The van der Waals surface area contributed by atoms with E-state index >= 15 is 0 Å². The highest BCUT2D eigenvalue weighted by atomic mass is 35.5. The fraction of sp³-hybridized carbons (Fsp3) is 0.231. The van der Waals surface area contributed by atoms with Crippen LogP contribution in [0.2, 0.25) is 5.02 Å². The molecule has 0 aromatic heterocycles. The maximum atomic E-state index is 10.9. The van der Waals surface area contributed by atoms with Gasteiger partial charge in [0, 0.05) is 29.7 Å². The van der Waals surface area contributed by atoms with Crippen LogP contribution in [-0.4, -0.2) is 21.9 Å². The Morgan fingerprint density at radius 3 is 2.74 bits per heavy atom. The summed E-state index contributed by atoms with van der Waals surface area (Å²) in [7, 11) is 0. The Hall–Kier alpha value is -1.64. The van der Waals surface area contributed by atoms with E-state index in [0.717, 1.165) is 0 Å². The van der Waals surface area contributed by atoms with Crippen LogP contribution in [0.25, 0.3) is 0 Å². The van der Waals surface area contributed by atoms with Gasteiger partial charge in [-0.05, 0) is 12.1 Å². The van der Waals surface area contributed by atoms with Crippen LogP contribution in [0.5, 0.6) is 0 Å². The largest absolute Gasteiger partial charge is 0.478 e. The molecule has 0 amide bonds. The maximum Gasteiger partial charge on any atom is 0.337 e. The number of anilines is 1. The number of nitrogens with two attached hydrogens (primary N) is 1. The van der Waals surface area contributed by atoms with Crippen LogP contribution in [0.15, 0.2) is 12.1 Å². The van der Waals surface area contributed by atoms with Crippen molar-refractivity contribution in [3.05, 3.63) is 28.3 Å². The standard InChI is InChI=1S/C13H12ClNO3S/c1-8(16)19-5-3-2-4-9-6-10(14)7-11(12(9)15)13(17)18/h6-7H,3,5,15H2,1H3,(H,17,18). The third kappa shape index (κ3) is 4.86. The van der Waals surface area contributed by atoms with Gasteiger partial charge in [0.2, 0.25) is 0 Å². The van der Waals surface area contributed by atoms with Crippen LogP contribution in [0.1, 0.15) is 29.3 Å². The van der Waals surface area contributed by atoms with Crippen LogP contribution in [0.3, 0.4) is 0 Å². The molecule has 100 valence electrons. The first-order chi connectivity index (χ1) is 8.91. The molecule has 0 aliphatic rings. The quantitative estimate of drug-likeness (QED) is 0.509. The number of carboxylic acid groups (broad SMARTS) is 1. The molecule has 0 spiro atoms. The van der Waals surface area contributed by atoms with E-state index in [1.165, 1.54) is 30.8 Å². The molecule has 0 radical (unpaired) electrons. The molecule has 1 aromatic rings. The van der Waals surface area contributed by atoms with Crippen LogP contribution < -0.4 is 5.73 Å². The van der Waals surface area contributed by atoms with E-state index < -0.39 is 5.97 Å². The maximum absolute atomic E-state index is 10.9. The lowest BCUT2D eigenvalue weighted by Gasteiger charge is -2.04. The minimum absolute atomic E-state index is 0.0391. The third-order valence-electron chi connectivity index (χ3n) is 2.13. The van der Waals surface area contributed by atoms with Crippen molar-refractivity contribution in [3.63, 3.8) is 0 Å². The van der Waals surface area contributed by atoms with Crippen molar-refractivity contribution in [3.8, 4) is 11.8 Å². The van der Waals surface area contributed by atoms with E-state index in [0.29, 0.717) is 17.7 Å². The van der Waals surface area contributed by atoms with Crippen molar-refractivity contribution in [1.29, 1.82) is 0 Å². The predicted octanol–water partition coefficient (Wildman–Crippen LogP) is 2.64. The van der Waals surface area contributed by atoms with Gasteiger partial charge in [-0.15, -0.1) is 0 Å². The van der Waals surface area contributed by atoms with Gasteiger partial charge in [-0.2, -0.15) is 0 Å². The minimum atomic E-state index is -1.14. The summed E-state index contributed by atoms with van der Waals surface area (Å²) in [6.07, 6.45) is 0.513. The normalized spacial score (nSPS) is 9.58. The lowest BCUT2D eigenvalue weighted by Crippen LogP contribution is -2.04. The molecule has 4 nitrogen and oxygen atoms in total. The summed E-state index contributed by atoms with van der Waals surface area (Å²) in [5, 5.41) is 9.27. The van der Waals surface area contributed by atoms with Crippen LogP contribution >= 0.6 is 23.4 Å². The number of carbonyl (C=O) groups excluding carboxylic acids is 1. The summed E-state index contributed by atoms with van der Waals surface area (Å²) in [5.74, 6) is 5.06. The van der Waals surface area contributed by atoms with Gasteiger partial charge in [-0.1, -0.05) is 35.2 Å². The minimum Gasteiger partial charge on any atom is -0.478 e. The van der Waals surface area contributed by atoms with E-state index in [2.05, 4.69) is 11.8 Å². The van der Waals surface area contributed by atoms with Crippen molar-refractivity contribution < 1.29 is 14.7 Å². The lowest BCUT2D eigenvalue weighted by molar-refractivity contribution is -0.109. The van der Waals surface area contributed by atoms with E-state index in [9.17, 15) is 9.59 Å². The second kappa shape index (κ2) is 7.07. The van der Waals surface area contributed by atoms with Crippen LogP contribution in [0, 0.1) is 11.8 Å². The van der Waals surface area contributed by atoms with Gasteiger partial charge in [0.1, 0.15) is 0 Å². The third-order valence-corrected chi connectivity index (χ3v) is 3.16. The summed E-state index contributed by atoms with van der Waals surface area (Å²) in [5.41, 5.74) is 6.14. The number of hydrogen-bond donors (Lipinski definition) is 2. The Kier molecular flexibility index (Phi) is 5.74. The molecule has 0 fully saturated rings. The van der Waals surface area contributed by atoms with Gasteiger partial charge in [-0.3, -0.25) is 4.79 Å². The molecule has 0 saturated carbocycles. The number of thioether (sulfide) groups is 1. The molecule has 1 aromatic carbocycles. The molecule has 0 heterocycles. The highest BCUT2D eigenvalue weighted by molar-refractivity contribution is 8.13. The SMILES string of the molecule is CC(=O)SCCC#Cc1cc(Cl)cc(C(=O)O)c1N. The number of nitrogen functional groups attached to an aromatic ring is 1.